The molecule has 1 aromatic heterocycles. The van der Waals surface area contributed by atoms with Crippen LogP contribution in [-0.2, 0) is 11.3 Å². The highest BCUT2D eigenvalue weighted by atomic mass is 32.1. The Kier molecular flexibility index (Phi) is 5.00. The zero-order valence-electron chi connectivity index (χ0n) is 14.0. The van der Waals surface area contributed by atoms with Crippen molar-refractivity contribution in [3.8, 4) is 0 Å². The van der Waals surface area contributed by atoms with Gasteiger partial charge in [0.2, 0.25) is 5.91 Å². The van der Waals surface area contributed by atoms with E-state index in [1.54, 1.807) is 16.2 Å². The minimum Gasteiger partial charge on any atom is -0.348 e. The maximum Gasteiger partial charge on any atom is 0.254 e. The summed E-state index contributed by atoms with van der Waals surface area (Å²) in [4.78, 5) is 27.6. The number of amides is 2. The van der Waals surface area contributed by atoms with Crippen LogP contribution in [-0.4, -0.2) is 23.3 Å². The number of nitrogens with one attached hydrogen (secondary N) is 1. The van der Waals surface area contributed by atoms with E-state index in [4.69, 9.17) is 0 Å². The third-order valence-corrected chi connectivity index (χ3v) is 5.29. The minimum absolute atomic E-state index is 0.00847. The molecule has 0 radical (unpaired) electrons. The lowest BCUT2D eigenvalue weighted by Gasteiger charge is -2.22. The van der Waals surface area contributed by atoms with Crippen molar-refractivity contribution in [3.05, 3.63) is 57.8 Å². The highest BCUT2D eigenvalue weighted by Gasteiger charge is 2.27. The Balaban J connectivity index is 1.56. The van der Waals surface area contributed by atoms with E-state index >= 15 is 0 Å². The molecule has 0 bridgehead atoms. The van der Waals surface area contributed by atoms with Gasteiger partial charge in [0.1, 0.15) is 0 Å². The van der Waals surface area contributed by atoms with Crippen LogP contribution in [0.3, 0.4) is 0 Å². The molecule has 0 aliphatic carbocycles. The summed E-state index contributed by atoms with van der Waals surface area (Å²) in [5, 5.41) is 5.14. The summed E-state index contributed by atoms with van der Waals surface area (Å²) in [5.74, 6) is 0.341. The predicted octanol–water partition coefficient (Wildman–Crippen LogP) is 3.61. The molecule has 0 saturated heterocycles. The van der Waals surface area contributed by atoms with E-state index in [2.05, 4.69) is 25.2 Å². The van der Waals surface area contributed by atoms with Gasteiger partial charge in [-0.1, -0.05) is 38.1 Å². The molecular weight excluding hydrogens is 320 g/mol. The first-order valence-corrected chi connectivity index (χ1v) is 9.14. The Hall–Kier alpha value is -2.14. The van der Waals surface area contributed by atoms with Crippen LogP contribution in [0, 0.1) is 5.92 Å². The second-order valence-electron chi connectivity index (χ2n) is 6.44. The van der Waals surface area contributed by atoms with Crippen LogP contribution in [0.4, 0.5) is 0 Å². The van der Waals surface area contributed by atoms with Crippen molar-refractivity contribution >= 4 is 23.2 Å². The van der Waals surface area contributed by atoms with Crippen LogP contribution in [0.25, 0.3) is 0 Å². The largest absolute Gasteiger partial charge is 0.348 e. The predicted molar refractivity (Wildman–Crippen MR) is 95.8 cm³/mol. The fraction of sp³-hybridized carbons (Fsp3) is 0.368. The average Bonchev–Trinajstić information content (AvgIpc) is 3.19. The molecule has 3 rings (SSSR count). The summed E-state index contributed by atoms with van der Waals surface area (Å²) in [6, 6.07) is 11.7. The third kappa shape index (κ3) is 3.51. The summed E-state index contributed by atoms with van der Waals surface area (Å²) in [6.07, 6.45) is 0.328. The standard InChI is InChI=1S/C19H22N2O2S/c1-13(2)18(16-8-5-11-24-16)20-17(22)9-10-21-12-14-6-3-4-7-15(14)19(21)23/h3-8,11,13,18H,9-10,12H2,1-2H3,(H,20,22). The van der Waals surface area contributed by atoms with E-state index < -0.39 is 0 Å². The van der Waals surface area contributed by atoms with Crippen molar-refractivity contribution in [1.29, 1.82) is 0 Å². The summed E-state index contributed by atoms with van der Waals surface area (Å²) in [7, 11) is 0. The van der Waals surface area contributed by atoms with E-state index in [9.17, 15) is 9.59 Å². The molecule has 0 saturated carbocycles. The van der Waals surface area contributed by atoms with Crippen LogP contribution in [0.1, 0.15) is 47.1 Å². The molecule has 24 heavy (non-hydrogen) atoms. The molecule has 1 aliphatic heterocycles. The van der Waals surface area contributed by atoms with Gasteiger partial charge < -0.3 is 10.2 Å². The van der Waals surface area contributed by atoms with Gasteiger partial charge in [-0.15, -0.1) is 11.3 Å². The zero-order chi connectivity index (χ0) is 17.1. The molecular formula is C19H22N2O2S. The van der Waals surface area contributed by atoms with Gasteiger partial charge in [-0.3, -0.25) is 9.59 Å². The number of hydrogen-bond acceptors (Lipinski definition) is 3. The number of nitrogens with zero attached hydrogens (tertiary/aromatic N) is 1. The second kappa shape index (κ2) is 7.18. The number of benzene rings is 1. The summed E-state index contributed by atoms with van der Waals surface area (Å²) < 4.78 is 0. The van der Waals surface area contributed by atoms with Crippen molar-refractivity contribution < 1.29 is 9.59 Å². The lowest BCUT2D eigenvalue weighted by atomic mass is 10.0. The topological polar surface area (TPSA) is 49.4 Å². The SMILES string of the molecule is CC(C)C(NC(=O)CCN1Cc2ccccc2C1=O)c1cccs1. The molecule has 1 unspecified atom stereocenters. The summed E-state index contributed by atoms with van der Waals surface area (Å²) in [5.41, 5.74) is 1.80. The van der Waals surface area contributed by atoms with Crippen LogP contribution in [0.5, 0.6) is 0 Å². The Bertz CT molecular complexity index is 725. The highest BCUT2D eigenvalue weighted by Crippen LogP contribution is 2.26. The van der Waals surface area contributed by atoms with Crippen molar-refractivity contribution in [1.82, 2.24) is 10.2 Å². The van der Waals surface area contributed by atoms with Crippen LogP contribution < -0.4 is 5.32 Å². The first-order chi connectivity index (χ1) is 11.6. The van der Waals surface area contributed by atoms with Crippen molar-refractivity contribution in [2.45, 2.75) is 32.9 Å². The summed E-state index contributed by atoms with van der Waals surface area (Å²) >= 11 is 1.66. The van der Waals surface area contributed by atoms with Gasteiger partial charge in [-0.05, 0) is 29.0 Å². The van der Waals surface area contributed by atoms with Gasteiger partial charge in [0.25, 0.3) is 5.91 Å². The Morgan fingerprint density at radius 1 is 1.25 bits per heavy atom. The maximum absolute atomic E-state index is 12.3. The Labute approximate surface area is 146 Å². The highest BCUT2D eigenvalue weighted by molar-refractivity contribution is 7.10. The number of carbonyl (C=O) groups is 2. The smallest absolute Gasteiger partial charge is 0.254 e. The molecule has 0 fully saturated rings. The van der Waals surface area contributed by atoms with Gasteiger partial charge in [0.05, 0.1) is 6.04 Å². The minimum atomic E-state index is -0.00847. The van der Waals surface area contributed by atoms with Crippen molar-refractivity contribution in [2.24, 2.45) is 5.92 Å². The second-order valence-corrected chi connectivity index (χ2v) is 7.42. The lowest BCUT2D eigenvalue weighted by Crippen LogP contribution is -2.34. The van der Waals surface area contributed by atoms with Crippen LogP contribution in [0.15, 0.2) is 41.8 Å². The molecule has 0 spiro atoms. The van der Waals surface area contributed by atoms with Gasteiger partial charge in [-0.2, -0.15) is 0 Å². The molecule has 1 aliphatic rings. The quantitative estimate of drug-likeness (QED) is 0.872. The van der Waals surface area contributed by atoms with Gasteiger partial charge in [0, 0.05) is 30.0 Å². The fourth-order valence-electron chi connectivity index (χ4n) is 3.01. The molecule has 126 valence electrons. The molecule has 1 aromatic carbocycles. The normalized spacial score (nSPS) is 14.8. The van der Waals surface area contributed by atoms with Crippen LogP contribution >= 0.6 is 11.3 Å². The molecule has 4 nitrogen and oxygen atoms in total. The number of hydrogen-bond donors (Lipinski definition) is 1. The van der Waals surface area contributed by atoms with Gasteiger partial charge in [-0.25, -0.2) is 0 Å². The molecule has 1 N–H and O–H groups in total. The third-order valence-electron chi connectivity index (χ3n) is 4.34. The van der Waals surface area contributed by atoms with E-state index in [-0.39, 0.29) is 17.9 Å². The zero-order valence-corrected chi connectivity index (χ0v) is 14.8. The monoisotopic (exact) mass is 342 g/mol. The number of fused-ring (bicyclic) bond motifs is 1. The van der Waals surface area contributed by atoms with Crippen molar-refractivity contribution in [2.75, 3.05) is 6.54 Å². The molecule has 2 aromatic rings. The van der Waals surface area contributed by atoms with E-state index in [0.717, 1.165) is 11.1 Å². The molecule has 2 heterocycles. The molecule has 5 heteroatoms. The number of thiophene rings is 1. The first kappa shape index (κ1) is 16.7. The van der Waals surface area contributed by atoms with Crippen molar-refractivity contribution in [3.63, 3.8) is 0 Å². The number of rotatable bonds is 6. The molecule has 2 amide bonds. The van der Waals surface area contributed by atoms with Crippen LogP contribution in [0.2, 0.25) is 0 Å². The number of carbonyl (C=O) groups excluding carboxylic acids is 2. The van der Waals surface area contributed by atoms with E-state index in [1.165, 1.54) is 4.88 Å². The Morgan fingerprint density at radius 3 is 2.71 bits per heavy atom. The average molecular weight is 342 g/mol. The fourth-order valence-corrected chi connectivity index (χ4v) is 3.96. The molecule has 1 atom stereocenters. The Morgan fingerprint density at radius 2 is 2.04 bits per heavy atom. The van der Waals surface area contributed by atoms with E-state index in [1.807, 2.05) is 35.7 Å². The van der Waals surface area contributed by atoms with Gasteiger partial charge >= 0.3 is 0 Å². The summed E-state index contributed by atoms with van der Waals surface area (Å²) in [6.45, 7) is 5.26. The van der Waals surface area contributed by atoms with E-state index in [0.29, 0.717) is 25.4 Å². The maximum atomic E-state index is 12.3. The van der Waals surface area contributed by atoms with Gasteiger partial charge in [0.15, 0.2) is 0 Å². The first-order valence-electron chi connectivity index (χ1n) is 8.26. The lowest BCUT2D eigenvalue weighted by molar-refractivity contribution is -0.122.